The maximum Gasteiger partial charge on any atom is -0.00566 e. The summed E-state index contributed by atoms with van der Waals surface area (Å²) < 4.78 is 0. The molecule has 0 aromatic heterocycles. The summed E-state index contributed by atoms with van der Waals surface area (Å²) in [6, 6.07) is 0. The fourth-order valence-electron chi connectivity index (χ4n) is 1.74. The molecule has 0 aliphatic rings. The highest BCUT2D eigenvalue weighted by Gasteiger charge is 2.27. The zero-order valence-corrected chi connectivity index (χ0v) is 11.7. The standard InChI is InChI=1S/C12H29NS/c1-7-8-9-12(4,5)10-14(6,13)11(2)3/h11H,7-10,13H2,1-6H3. The van der Waals surface area contributed by atoms with Gasteiger partial charge in [-0.3, -0.25) is 5.14 Å². The van der Waals surface area contributed by atoms with Gasteiger partial charge < -0.3 is 0 Å². The molecular weight excluding hydrogens is 190 g/mol. The summed E-state index contributed by atoms with van der Waals surface area (Å²) in [5.74, 6) is 1.21. The molecule has 1 nitrogen and oxygen atoms in total. The van der Waals surface area contributed by atoms with Gasteiger partial charge in [-0.25, -0.2) is 0 Å². The van der Waals surface area contributed by atoms with E-state index in [0.717, 1.165) is 0 Å². The van der Waals surface area contributed by atoms with Gasteiger partial charge in [-0.1, -0.05) is 47.5 Å². The molecule has 2 N–H and O–H groups in total. The largest absolute Gasteiger partial charge is 0.294 e. The second-order valence-corrected chi connectivity index (χ2v) is 9.38. The van der Waals surface area contributed by atoms with Crippen molar-refractivity contribution in [1.82, 2.24) is 0 Å². The highest BCUT2D eigenvalue weighted by molar-refractivity contribution is 8.31. The van der Waals surface area contributed by atoms with Crippen LogP contribution in [0.1, 0.15) is 53.9 Å². The zero-order chi connectivity index (χ0) is 11.4. The Bertz CT molecular complexity index is 162. The normalized spacial score (nSPS) is 19.4. The second kappa shape index (κ2) is 5.41. The van der Waals surface area contributed by atoms with E-state index in [4.69, 9.17) is 5.14 Å². The average Bonchev–Trinajstić information content (AvgIpc) is 1.99. The lowest BCUT2D eigenvalue weighted by Gasteiger charge is -2.42. The molecule has 0 fully saturated rings. The minimum Gasteiger partial charge on any atom is -0.294 e. The first-order valence-electron chi connectivity index (χ1n) is 5.74. The van der Waals surface area contributed by atoms with Crippen LogP contribution in [0.25, 0.3) is 0 Å². The smallest absolute Gasteiger partial charge is 0.00566 e. The Balaban J connectivity index is 4.19. The van der Waals surface area contributed by atoms with Gasteiger partial charge in [-0.05, 0) is 29.1 Å². The Morgan fingerprint density at radius 2 is 1.79 bits per heavy atom. The Morgan fingerprint density at radius 1 is 1.29 bits per heavy atom. The van der Waals surface area contributed by atoms with Crippen LogP contribution < -0.4 is 5.14 Å². The van der Waals surface area contributed by atoms with E-state index in [2.05, 4.69) is 40.9 Å². The van der Waals surface area contributed by atoms with E-state index in [-0.39, 0.29) is 0 Å². The zero-order valence-electron chi connectivity index (χ0n) is 10.9. The van der Waals surface area contributed by atoms with E-state index in [0.29, 0.717) is 10.7 Å². The van der Waals surface area contributed by atoms with Crippen LogP contribution in [0.4, 0.5) is 0 Å². The highest BCUT2D eigenvalue weighted by atomic mass is 32.3. The molecule has 0 spiro atoms. The summed E-state index contributed by atoms with van der Waals surface area (Å²) in [5.41, 5.74) is 0.430. The fourth-order valence-corrected chi connectivity index (χ4v) is 3.90. The molecule has 2 heteroatoms. The molecule has 0 heterocycles. The van der Waals surface area contributed by atoms with Crippen LogP contribution >= 0.6 is 10.2 Å². The average molecular weight is 219 g/mol. The predicted octanol–water partition coefficient (Wildman–Crippen LogP) is 3.92. The SMILES string of the molecule is CCCCC(C)(C)CS(C)(N)C(C)C. The summed E-state index contributed by atoms with van der Waals surface area (Å²) in [4.78, 5) is 0. The number of hydrogen-bond acceptors (Lipinski definition) is 1. The number of nitrogens with two attached hydrogens (primary N) is 1. The number of hydrogen-bond donors (Lipinski definition) is 1. The summed E-state index contributed by atoms with van der Waals surface area (Å²) in [6.45, 7) is 11.5. The van der Waals surface area contributed by atoms with Crippen LogP contribution in [0.5, 0.6) is 0 Å². The molecule has 1 atom stereocenters. The van der Waals surface area contributed by atoms with Gasteiger partial charge in [0.25, 0.3) is 0 Å². The molecule has 1 unspecified atom stereocenters. The van der Waals surface area contributed by atoms with Crippen LogP contribution in [-0.4, -0.2) is 17.3 Å². The van der Waals surface area contributed by atoms with Crippen molar-refractivity contribution in [3.05, 3.63) is 0 Å². The molecule has 0 bridgehead atoms. The summed E-state index contributed by atoms with van der Waals surface area (Å²) >= 11 is 0. The minimum atomic E-state index is -0.886. The van der Waals surface area contributed by atoms with Crippen molar-refractivity contribution in [1.29, 1.82) is 0 Å². The Hall–Kier alpha value is 0.310. The van der Waals surface area contributed by atoms with Crippen molar-refractivity contribution in [2.75, 3.05) is 12.0 Å². The first-order chi connectivity index (χ1) is 6.21. The fraction of sp³-hybridized carbons (Fsp3) is 1.00. The minimum absolute atomic E-state index is 0.430. The molecule has 0 radical (unpaired) electrons. The number of unbranched alkanes of at least 4 members (excludes halogenated alkanes) is 1. The molecule has 0 saturated carbocycles. The van der Waals surface area contributed by atoms with Gasteiger partial charge in [0.15, 0.2) is 0 Å². The summed E-state index contributed by atoms with van der Waals surface area (Å²) in [7, 11) is -0.886. The third-order valence-electron chi connectivity index (χ3n) is 2.99. The lowest BCUT2D eigenvalue weighted by atomic mass is 9.90. The van der Waals surface area contributed by atoms with Crippen molar-refractivity contribution in [3.63, 3.8) is 0 Å². The summed E-state index contributed by atoms with van der Waals surface area (Å²) in [6.07, 6.45) is 6.21. The van der Waals surface area contributed by atoms with Crippen molar-refractivity contribution < 1.29 is 0 Å². The topological polar surface area (TPSA) is 26.0 Å². The maximum atomic E-state index is 6.40. The van der Waals surface area contributed by atoms with Crippen LogP contribution in [0.3, 0.4) is 0 Å². The molecule has 0 saturated heterocycles. The van der Waals surface area contributed by atoms with Gasteiger partial charge in [-0.2, -0.15) is 10.2 Å². The van der Waals surface area contributed by atoms with Crippen molar-refractivity contribution in [2.45, 2.75) is 59.1 Å². The Kier molecular flexibility index (Phi) is 5.53. The van der Waals surface area contributed by atoms with E-state index in [1.807, 2.05) is 0 Å². The Labute approximate surface area is 92.3 Å². The van der Waals surface area contributed by atoms with Crippen LogP contribution in [0.2, 0.25) is 0 Å². The molecule has 0 amide bonds. The third kappa shape index (κ3) is 5.26. The molecule has 88 valence electrons. The highest BCUT2D eigenvalue weighted by Crippen LogP contribution is 2.47. The van der Waals surface area contributed by atoms with E-state index in [9.17, 15) is 0 Å². The van der Waals surface area contributed by atoms with E-state index in [1.165, 1.54) is 25.0 Å². The van der Waals surface area contributed by atoms with Gasteiger partial charge in [0.2, 0.25) is 0 Å². The monoisotopic (exact) mass is 219 g/mol. The van der Waals surface area contributed by atoms with Gasteiger partial charge in [0.05, 0.1) is 0 Å². The van der Waals surface area contributed by atoms with E-state index < -0.39 is 10.2 Å². The van der Waals surface area contributed by atoms with Gasteiger partial charge in [0, 0.05) is 0 Å². The van der Waals surface area contributed by atoms with E-state index >= 15 is 0 Å². The molecule has 0 aromatic rings. The van der Waals surface area contributed by atoms with Crippen molar-refractivity contribution in [3.8, 4) is 0 Å². The second-order valence-electron chi connectivity index (χ2n) is 5.69. The first kappa shape index (κ1) is 14.3. The van der Waals surface area contributed by atoms with Crippen molar-refractivity contribution >= 4 is 10.2 Å². The molecule has 0 aliphatic carbocycles. The first-order valence-corrected chi connectivity index (χ1v) is 8.07. The predicted molar refractivity (Wildman–Crippen MR) is 71.0 cm³/mol. The lowest BCUT2D eigenvalue weighted by Crippen LogP contribution is -2.31. The van der Waals surface area contributed by atoms with Gasteiger partial charge in [-0.15, -0.1) is 0 Å². The van der Waals surface area contributed by atoms with Gasteiger partial charge in [0.1, 0.15) is 0 Å². The third-order valence-corrected chi connectivity index (χ3v) is 6.54. The van der Waals surface area contributed by atoms with Crippen LogP contribution in [-0.2, 0) is 0 Å². The quantitative estimate of drug-likeness (QED) is 0.720. The maximum absolute atomic E-state index is 6.40. The Morgan fingerprint density at radius 3 is 2.14 bits per heavy atom. The van der Waals surface area contributed by atoms with Crippen LogP contribution in [0.15, 0.2) is 0 Å². The van der Waals surface area contributed by atoms with Crippen LogP contribution in [0, 0.1) is 5.41 Å². The van der Waals surface area contributed by atoms with E-state index in [1.54, 1.807) is 0 Å². The molecule has 0 aliphatic heterocycles. The summed E-state index contributed by atoms with van der Waals surface area (Å²) in [5, 5.41) is 7.04. The molecule has 14 heavy (non-hydrogen) atoms. The molecule has 0 aromatic carbocycles. The molecular formula is C12H29NS. The van der Waals surface area contributed by atoms with Crippen molar-refractivity contribution in [2.24, 2.45) is 10.6 Å². The van der Waals surface area contributed by atoms with Gasteiger partial charge >= 0.3 is 0 Å². The number of rotatable bonds is 6. The lowest BCUT2D eigenvalue weighted by molar-refractivity contribution is 0.370. The molecule has 0 rings (SSSR count).